The lowest BCUT2D eigenvalue weighted by molar-refractivity contribution is 0.802. The quantitative estimate of drug-likeness (QED) is 0.902. The molecule has 1 aromatic carbocycles. The van der Waals surface area contributed by atoms with Crippen LogP contribution in [0.1, 0.15) is 16.3 Å². The summed E-state index contributed by atoms with van der Waals surface area (Å²) >= 11 is 5.24. The molecule has 2 rings (SSSR count). The second-order valence-electron chi connectivity index (χ2n) is 4.52. The van der Waals surface area contributed by atoms with E-state index in [2.05, 4.69) is 61.8 Å². The summed E-state index contributed by atoms with van der Waals surface area (Å²) in [6.45, 7) is 3.74. The Morgan fingerprint density at radius 1 is 1.42 bits per heavy atom. The number of hydrogen-bond donors (Lipinski definition) is 1. The normalized spacial score (nSPS) is 10.7. The Balaban J connectivity index is 2.21. The molecule has 3 nitrogen and oxygen atoms in total. The molecule has 0 radical (unpaired) electrons. The van der Waals surface area contributed by atoms with Gasteiger partial charge in [-0.3, -0.25) is 0 Å². The predicted octanol–water partition coefficient (Wildman–Crippen LogP) is 3.57. The van der Waals surface area contributed by atoms with Gasteiger partial charge in [0, 0.05) is 29.1 Å². The fourth-order valence-corrected chi connectivity index (χ4v) is 2.99. The predicted molar refractivity (Wildman–Crippen MR) is 85.9 cm³/mol. The van der Waals surface area contributed by atoms with Crippen LogP contribution in [0.3, 0.4) is 0 Å². The van der Waals surface area contributed by atoms with E-state index in [9.17, 15) is 0 Å². The highest BCUT2D eigenvalue weighted by molar-refractivity contribution is 9.10. The van der Waals surface area contributed by atoms with Crippen molar-refractivity contribution in [1.82, 2.24) is 10.3 Å². The van der Waals surface area contributed by atoms with E-state index in [1.807, 2.05) is 14.0 Å². The summed E-state index contributed by atoms with van der Waals surface area (Å²) in [5.74, 6) is 0. The Morgan fingerprint density at radius 3 is 2.84 bits per heavy atom. The van der Waals surface area contributed by atoms with Crippen molar-refractivity contribution in [1.29, 1.82) is 0 Å². The first kappa shape index (κ1) is 14.5. The van der Waals surface area contributed by atoms with Crippen molar-refractivity contribution in [3.8, 4) is 0 Å². The zero-order valence-electron chi connectivity index (χ0n) is 11.4. The number of rotatable bonds is 5. The maximum absolute atomic E-state index is 4.52. The van der Waals surface area contributed by atoms with E-state index in [0.29, 0.717) is 0 Å². The molecule has 0 spiro atoms. The number of benzene rings is 1. The van der Waals surface area contributed by atoms with Gasteiger partial charge in [0.25, 0.3) is 0 Å². The van der Waals surface area contributed by atoms with Crippen molar-refractivity contribution in [2.75, 3.05) is 19.0 Å². The molecule has 0 saturated heterocycles. The van der Waals surface area contributed by atoms with Crippen LogP contribution in [-0.4, -0.2) is 19.1 Å². The van der Waals surface area contributed by atoms with Gasteiger partial charge in [-0.2, -0.15) is 0 Å². The van der Waals surface area contributed by atoms with Crippen LogP contribution in [0.25, 0.3) is 0 Å². The summed E-state index contributed by atoms with van der Waals surface area (Å²) in [5.41, 5.74) is 3.65. The molecule has 2 aromatic rings. The topological polar surface area (TPSA) is 28.2 Å². The molecular formula is C14H18BrN3S. The van der Waals surface area contributed by atoms with Gasteiger partial charge in [0.15, 0.2) is 0 Å². The van der Waals surface area contributed by atoms with Gasteiger partial charge in [-0.05, 0) is 31.7 Å². The number of nitrogens with zero attached hydrogens (tertiary/aromatic N) is 2. The van der Waals surface area contributed by atoms with Gasteiger partial charge >= 0.3 is 0 Å². The van der Waals surface area contributed by atoms with E-state index in [0.717, 1.165) is 28.3 Å². The van der Waals surface area contributed by atoms with Gasteiger partial charge in [0.1, 0.15) is 0 Å². The zero-order chi connectivity index (χ0) is 13.8. The number of anilines is 1. The lowest BCUT2D eigenvalue weighted by atomic mass is 10.1. The van der Waals surface area contributed by atoms with Gasteiger partial charge in [-0.15, -0.1) is 11.3 Å². The largest absolute Gasteiger partial charge is 0.368 e. The molecule has 0 bridgehead atoms. The maximum atomic E-state index is 4.52. The highest BCUT2D eigenvalue weighted by Gasteiger charge is 2.10. The van der Waals surface area contributed by atoms with E-state index in [1.54, 1.807) is 11.3 Å². The molecule has 0 aliphatic heterocycles. The van der Waals surface area contributed by atoms with Gasteiger partial charge in [0.05, 0.1) is 17.2 Å². The number of hydrogen-bond acceptors (Lipinski definition) is 4. The summed E-state index contributed by atoms with van der Waals surface area (Å²) in [6.07, 6.45) is 0. The fourth-order valence-electron chi connectivity index (χ4n) is 2.04. The number of aryl methyl sites for hydroxylation is 1. The highest BCUT2D eigenvalue weighted by atomic mass is 79.9. The van der Waals surface area contributed by atoms with E-state index in [1.165, 1.54) is 11.3 Å². The summed E-state index contributed by atoms with van der Waals surface area (Å²) in [6, 6.07) is 6.39. The zero-order valence-corrected chi connectivity index (χ0v) is 13.8. The van der Waals surface area contributed by atoms with Crippen LogP contribution >= 0.6 is 27.3 Å². The van der Waals surface area contributed by atoms with E-state index < -0.39 is 0 Å². The molecule has 0 saturated carbocycles. The molecule has 0 amide bonds. The number of aromatic nitrogens is 1. The van der Waals surface area contributed by atoms with E-state index >= 15 is 0 Å². The second kappa shape index (κ2) is 6.50. The lowest BCUT2D eigenvalue weighted by Gasteiger charge is -2.22. The van der Waals surface area contributed by atoms with Crippen LogP contribution in [0.5, 0.6) is 0 Å². The van der Waals surface area contributed by atoms with Crippen LogP contribution in [0, 0.1) is 6.92 Å². The van der Waals surface area contributed by atoms with Crippen LogP contribution in [0.15, 0.2) is 28.1 Å². The average molecular weight is 340 g/mol. The van der Waals surface area contributed by atoms with Crippen LogP contribution in [0.4, 0.5) is 5.69 Å². The Bertz CT molecular complexity index is 553. The summed E-state index contributed by atoms with van der Waals surface area (Å²) in [7, 11) is 4.07. The minimum Gasteiger partial charge on any atom is -0.368 e. The molecule has 19 heavy (non-hydrogen) atoms. The third-order valence-corrected chi connectivity index (χ3v) is 4.21. The van der Waals surface area contributed by atoms with E-state index in [4.69, 9.17) is 0 Å². The van der Waals surface area contributed by atoms with Crippen molar-refractivity contribution in [2.45, 2.75) is 20.0 Å². The molecule has 1 N–H and O–H groups in total. The van der Waals surface area contributed by atoms with E-state index in [-0.39, 0.29) is 0 Å². The Kier molecular flexibility index (Phi) is 4.96. The highest BCUT2D eigenvalue weighted by Crippen LogP contribution is 2.26. The lowest BCUT2D eigenvalue weighted by Crippen LogP contribution is -2.19. The third kappa shape index (κ3) is 3.78. The van der Waals surface area contributed by atoms with Gasteiger partial charge in [0.2, 0.25) is 0 Å². The summed E-state index contributed by atoms with van der Waals surface area (Å²) in [4.78, 5) is 6.77. The van der Waals surface area contributed by atoms with Crippen LogP contribution in [-0.2, 0) is 13.1 Å². The molecular weight excluding hydrogens is 322 g/mol. The van der Waals surface area contributed by atoms with Gasteiger partial charge < -0.3 is 10.2 Å². The average Bonchev–Trinajstić information content (AvgIpc) is 2.77. The minimum absolute atomic E-state index is 0.831. The second-order valence-corrected chi connectivity index (χ2v) is 6.50. The Labute approximate surface area is 126 Å². The van der Waals surface area contributed by atoms with Crippen LogP contribution in [0.2, 0.25) is 0 Å². The molecule has 0 aliphatic carbocycles. The SMILES string of the molecule is CNCc1ccc(Br)cc1N(C)Cc1csc(C)n1. The van der Waals surface area contributed by atoms with Crippen LogP contribution < -0.4 is 10.2 Å². The smallest absolute Gasteiger partial charge is 0.0898 e. The molecule has 102 valence electrons. The first-order chi connectivity index (χ1) is 9.10. The standard InChI is InChI=1S/C14H18BrN3S/c1-10-17-13(9-19-10)8-18(3)14-6-12(15)5-4-11(14)7-16-2/h4-6,9,16H,7-8H2,1-3H3. The van der Waals surface area contributed by atoms with Gasteiger partial charge in [-0.1, -0.05) is 22.0 Å². The minimum atomic E-state index is 0.831. The number of halogens is 1. The molecule has 0 unspecified atom stereocenters. The fraction of sp³-hybridized carbons (Fsp3) is 0.357. The first-order valence-corrected chi connectivity index (χ1v) is 7.82. The van der Waals surface area contributed by atoms with Crippen molar-refractivity contribution >= 4 is 33.0 Å². The van der Waals surface area contributed by atoms with Crippen molar-refractivity contribution in [3.05, 3.63) is 44.3 Å². The first-order valence-electron chi connectivity index (χ1n) is 6.15. The molecule has 1 heterocycles. The van der Waals surface area contributed by atoms with Gasteiger partial charge in [-0.25, -0.2) is 4.98 Å². The monoisotopic (exact) mass is 339 g/mol. The van der Waals surface area contributed by atoms with Crippen molar-refractivity contribution < 1.29 is 0 Å². The summed E-state index contributed by atoms with van der Waals surface area (Å²) in [5, 5.41) is 6.46. The molecule has 5 heteroatoms. The summed E-state index contributed by atoms with van der Waals surface area (Å²) < 4.78 is 1.10. The number of nitrogens with one attached hydrogen (secondary N) is 1. The Morgan fingerprint density at radius 2 is 2.21 bits per heavy atom. The molecule has 0 aliphatic rings. The molecule has 1 aromatic heterocycles. The molecule has 0 atom stereocenters. The maximum Gasteiger partial charge on any atom is 0.0898 e. The van der Waals surface area contributed by atoms with Crippen molar-refractivity contribution in [3.63, 3.8) is 0 Å². The Hall–Kier alpha value is -0.910. The van der Waals surface area contributed by atoms with Crippen molar-refractivity contribution in [2.24, 2.45) is 0 Å². The third-order valence-electron chi connectivity index (χ3n) is 2.89. The molecule has 0 fully saturated rings. The number of thiazole rings is 1.